The van der Waals surface area contributed by atoms with Crippen LogP contribution in [0.4, 0.5) is 4.39 Å². The molecule has 1 aliphatic rings. The SMILES string of the molecule is COc1cc(C[C@]2(CCC(=O)N[C@H](C)Cc3ccsc3)CCC(=O)N2)ccc1F. The molecule has 1 aromatic carbocycles. The van der Waals surface area contributed by atoms with Crippen LogP contribution in [0.1, 0.15) is 43.7 Å². The van der Waals surface area contributed by atoms with Crippen LogP contribution in [0.3, 0.4) is 0 Å². The Bertz CT molecular complexity index is 856. The zero-order chi connectivity index (χ0) is 20.9. The van der Waals surface area contributed by atoms with Gasteiger partial charge in [-0.2, -0.15) is 11.3 Å². The predicted octanol–water partition coefficient (Wildman–Crippen LogP) is 3.61. The number of hydrogen-bond acceptors (Lipinski definition) is 4. The van der Waals surface area contributed by atoms with E-state index in [1.54, 1.807) is 23.5 Å². The highest BCUT2D eigenvalue weighted by Gasteiger charge is 2.38. The zero-order valence-electron chi connectivity index (χ0n) is 16.8. The van der Waals surface area contributed by atoms with Crippen molar-refractivity contribution < 1.29 is 18.7 Å². The van der Waals surface area contributed by atoms with E-state index < -0.39 is 11.4 Å². The van der Waals surface area contributed by atoms with E-state index >= 15 is 0 Å². The minimum Gasteiger partial charge on any atom is -0.494 e. The molecule has 0 unspecified atom stereocenters. The van der Waals surface area contributed by atoms with E-state index in [-0.39, 0.29) is 23.6 Å². The van der Waals surface area contributed by atoms with Gasteiger partial charge in [-0.25, -0.2) is 4.39 Å². The van der Waals surface area contributed by atoms with Gasteiger partial charge in [-0.05, 0) is 72.7 Å². The maximum absolute atomic E-state index is 13.7. The molecular weight excluding hydrogens is 391 g/mol. The summed E-state index contributed by atoms with van der Waals surface area (Å²) in [6, 6.07) is 6.84. The summed E-state index contributed by atoms with van der Waals surface area (Å²) in [5.41, 5.74) is 1.60. The molecule has 2 amide bonds. The Morgan fingerprint density at radius 1 is 1.38 bits per heavy atom. The molecule has 0 saturated carbocycles. The summed E-state index contributed by atoms with van der Waals surface area (Å²) in [7, 11) is 1.43. The molecule has 2 heterocycles. The molecule has 1 aromatic heterocycles. The van der Waals surface area contributed by atoms with E-state index in [1.165, 1.54) is 18.7 Å². The van der Waals surface area contributed by atoms with Crippen molar-refractivity contribution in [1.29, 1.82) is 0 Å². The lowest BCUT2D eigenvalue weighted by molar-refractivity contribution is -0.123. The molecule has 0 spiro atoms. The van der Waals surface area contributed by atoms with Crippen molar-refractivity contribution in [3.63, 3.8) is 0 Å². The first kappa shape index (κ1) is 21.3. The van der Waals surface area contributed by atoms with Crippen LogP contribution in [0.25, 0.3) is 0 Å². The van der Waals surface area contributed by atoms with Gasteiger partial charge in [0, 0.05) is 24.4 Å². The lowest BCUT2D eigenvalue weighted by Crippen LogP contribution is -2.45. The van der Waals surface area contributed by atoms with E-state index in [0.717, 1.165) is 12.0 Å². The van der Waals surface area contributed by atoms with E-state index in [4.69, 9.17) is 4.74 Å². The van der Waals surface area contributed by atoms with E-state index in [1.807, 2.05) is 12.3 Å². The van der Waals surface area contributed by atoms with Crippen LogP contribution in [0, 0.1) is 5.82 Å². The Kier molecular flexibility index (Phi) is 6.90. The molecule has 7 heteroatoms. The highest BCUT2D eigenvalue weighted by Crippen LogP contribution is 2.31. The maximum atomic E-state index is 13.7. The van der Waals surface area contributed by atoms with Crippen molar-refractivity contribution in [3.8, 4) is 5.75 Å². The number of ether oxygens (including phenoxy) is 1. The smallest absolute Gasteiger partial charge is 0.220 e. The molecule has 2 aromatic rings. The Labute approximate surface area is 174 Å². The highest BCUT2D eigenvalue weighted by molar-refractivity contribution is 7.07. The van der Waals surface area contributed by atoms with Crippen LogP contribution in [0.15, 0.2) is 35.0 Å². The lowest BCUT2D eigenvalue weighted by atomic mass is 9.85. The molecule has 2 atom stereocenters. The van der Waals surface area contributed by atoms with Gasteiger partial charge in [-0.1, -0.05) is 6.07 Å². The second kappa shape index (κ2) is 9.39. The summed E-state index contributed by atoms with van der Waals surface area (Å²) >= 11 is 1.65. The number of hydrogen-bond donors (Lipinski definition) is 2. The fourth-order valence-electron chi connectivity index (χ4n) is 3.90. The highest BCUT2D eigenvalue weighted by atomic mass is 32.1. The minimum absolute atomic E-state index is 0.00897. The Morgan fingerprint density at radius 2 is 2.21 bits per heavy atom. The summed E-state index contributed by atoms with van der Waals surface area (Å²) in [5, 5.41) is 10.2. The molecule has 3 rings (SSSR count). The largest absolute Gasteiger partial charge is 0.494 e. The van der Waals surface area contributed by atoms with Crippen LogP contribution in [0.5, 0.6) is 5.75 Å². The number of amides is 2. The molecular formula is C22H27FN2O3S. The molecule has 1 aliphatic heterocycles. The molecule has 2 N–H and O–H groups in total. The summed E-state index contributed by atoms with van der Waals surface area (Å²) in [6.07, 6.45) is 3.29. The van der Waals surface area contributed by atoms with Gasteiger partial charge in [0.1, 0.15) is 0 Å². The average molecular weight is 419 g/mol. The van der Waals surface area contributed by atoms with Crippen LogP contribution >= 0.6 is 11.3 Å². The maximum Gasteiger partial charge on any atom is 0.220 e. The summed E-state index contributed by atoms with van der Waals surface area (Å²) in [5.74, 6) is -0.267. The average Bonchev–Trinajstić information content (AvgIpc) is 3.32. The van der Waals surface area contributed by atoms with E-state index in [0.29, 0.717) is 32.1 Å². The molecule has 0 aliphatic carbocycles. The number of carbonyl (C=O) groups is 2. The first-order valence-corrected chi connectivity index (χ1v) is 10.8. The molecule has 29 heavy (non-hydrogen) atoms. The van der Waals surface area contributed by atoms with Crippen LogP contribution in [0.2, 0.25) is 0 Å². The number of thiophene rings is 1. The number of benzene rings is 1. The number of halogens is 1. The molecule has 0 radical (unpaired) electrons. The van der Waals surface area contributed by atoms with Crippen molar-refractivity contribution in [2.75, 3.05) is 7.11 Å². The third kappa shape index (κ3) is 5.79. The Balaban J connectivity index is 1.60. The van der Waals surface area contributed by atoms with Crippen molar-refractivity contribution in [1.82, 2.24) is 10.6 Å². The third-order valence-electron chi connectivity index (χ3n) is 5.35. The quantitative estimate of drug-likeness (QED) is 0.654. The standard InChI is InChI=1S/C22H27FN2O3S/c1-15(11-17-7-10-29-14-17)24-20(26)5-8-22(9-6-21(27)25-22)13-16-3-4-18(23)19(12-16)28-2/h3-4,7,10,12,14-15H,5-6,8-9,11,13H2,1-2H3,(H,24,26)(H,25,27)/t15-,22+/m1/s1. The molecule has 156 valence electrons. The predicted molar refractivity (Wildman–Crippen MR) is 112 cm³/mol. The van der Waals surface area contributed by atoms with Crippen molar-refractivity contribution in [2.24, 2.45) is 0 Å². The second-order valence-electron chi connectivity index (χ2n) is 7.78. The topological polar surface area (TPSA) is 67.4 Å². The summed E-state index contributed by atoms with van der Waals surface area (Å²) < 4.78 is 18.8. The van der Waals surface area contributed by atoms with E-state index in [2.05, 4.69) is 22.1 Å². The van der Waals surface area contributed by atoms with Crippen molar-refractivity contribution in [3.05, 3.63) is 52.0 Å². The third-order valence-corrected chi connectivity index (χ3v) is 6.09. The molecule has 5 nitrogen and oxygen atoms in total. The molecule has 1 saturated heterocycles. The van der Waals surface area contributed by atoms with Gasteiger partial charge >= 0.3 is 0 Å². The van der Waals surface area contributed by atoms with Gasteiger partial charge in [-0.15, -0.1) is 0 Å². The summed E-state index contributed by atoms with van der Waals surface area (Å²) in [6.45, 7) is 1.99. The normalized spacial score (nSPS) is 19.6. The Morgan fingerprint density at radius 3 is 2.86 bits per heavy atom. The van der Waals surface area contributed by atoms with Gasteiger partial charge in [-0.3, -0.25) is 9.59 Å². The number of rotatable bonds is 9. The monoisotopic (exact) mass is 418 g/mol. The number of nitrogens with one attached hydrogen (secondary N) is 2. The van der Waals surface area contributed by atoms with Crippen molar-refractivity contribution >= 4 is 23.2 Å². The molecule has 1 fully saturated rings. The fraction of sp³-hybridized carbons (Fsp3) is 0.455. The Hall–Kier alpha value is -2.41. The lowest BCUT2D eigenvalue weighted by Gasteiger charge is -2.29. The summed E-state index contributed by atoms with van der Waals surface area (Å²) in [4.78, 5) is 24.4. The number of methoxy groups -OCH3 is 1. The van der Waals surface area contributed by atoms with Gasteiger partial charge in [0.15, 0.2) is 11.6 Å². The van der Waals surface area contributed by atoms with Crippen LogP contribution < -0.4 is 15.4 Å². The van der Waals surface area contributed by atoms with Gasteiger partial charge in [0.05, 0.1) is 7.11 Å². The second-order valence-corrected chi connectivity index (χ2v) is 8.56. The minimum atomic E-state index is -0.492. The van der Waals surface area contributed by atoms with Crippen LogP contribution in [-0.4, -0.2) is 30.5 Å². The van der Waals surface area contributed by atoms with Crippen molar-refractivity contribution in [2.45, 2.75) is 57.0 Å². The fourth-order valence-corrected chi connectivity index (χ4v) is 4.58. The van der Waals surface area contributed by atoms with Crippen LogP contribution in [-0.2, 0) is 22.4 Å². The first-order valence-electron chi connectivity index (χ1n) is 9.83. The van der Waals surface area contributed by atoms with Gasteiger partial charge < -0.3 is 15.4 Å². The van der Waals surface area contributed by atoms with Gasteiger partial charge in [0.2, 0.25) is 11.8 Å². The number of carbonyl (C=O) groups excluding carboxylic acids is 2. The first-order chi connectivity index (χ1) is 13.9. The van der Waals surface area contributed by atoms with Gasteiger partial charge in [0.25, 0.3) is 0 Å². The zero-order valence-corrected chi connectivity index (χ0v) is 17.6. The molecule has 0 bridgehead atoms. The van der Waals surface area contributed by atoms with E-state index in [9.17, 15) is 14.0 Å².